The summed E-state index contributed by atoms with van der Waals surface area (Å²) in [4.78, 5) is 15.2. The quantitative estimate of drug-likeness (QED) is 0.522. The predicted octanol–water partition coefficient (Wildman–Crippen LogP) is 2.14. The lowest BCUT2D eigenvalue weighted by molar-refractivity contribution is -0.469. The summed E-state index contributed by atoms with van der Waals surface area (Å²) >= 11 is 0. The van der Waals surface area contributed by atoms with Crippen LogP contribution in [0.25, 0.3) is 0 Å². The lowest BCUT2D eigenvalue weighted by Crippen LogP contribution is -2.56. The molecule has 2 fully saturated rings. The van der Waals surface area contributed by atoms with Gasteiger partial charge >= 0.3 is 0 Å². The van der Waals surface area contributed by atoms with Gasteiger partial charge in [0.05, 0.1) is 0 Å². The molecule has 0 aromatic rings. The highest BCUT2D eigenvalue weighted by molar-refractivity contribution is 4.97. The minimum Gasteiger partial charge on any atom is -0.251 e. The van der Waals surface area contributed by atoms with Crippen LogP contribution in [-0.4, -0.2) is 22.6 Å². The minimum atomic E-state index is -0.604. The highest BCUT2D eigenvalue weighted by atomic mass is 17.2. The summed E-state index contributed by atoms with van der Waals surface area (Å²) in [6.45, 7) is 5.93. The minimum absolute atomic E-state index is 0.153. The molecule has 1 heterocycles. The number of hydrogen-bond acceptors (Lipinski definition) is 4. The van der Waals surface area contributed by atoms with Crippen molar-refractivity contribution in [1.82, 2.24) is 0 Å². The van der Waals surface area contributed by atoms with Crippen LogP contribution in [0.5, 0.6) is 0 Å². The molecule has 2 rings (SSSR count). The molecule has 3 unspecified atom stereocenters. The molecule has 3 atom stereocenters. The Balaban J connectivity index is 2.13. The van der Waals surface area contributed by atoms with Gasteiger partial charge in [0.15, 0.2) is 0 Å². The summed E-state index contributed by atoms with van der Waals surface area (Å²) in [5.41, 5.74) is -0.819. The SMILES string of the molecule is CC1(C)OOC2CC1CCC2(C)OO. The molecule has 1 saturated heterocycles. The highest BCUT2D eigenvalue weighted by Gasteiger charge is 2.51. The molecule has 14 heavy (non-hydrogen) atoms. The topological polar surface area (TPSA) is 47.9 Å². The van der Waals surface area contributed by atoms with Gasteiger partial charge in [0, 0.05) is 0 Å². The van der Waals surface area contributed by atoms with E-state index in [0.29, 0.717) is 5.92 Å². The van der Waals surface area contributed by atoms with E-state index in [9.17, 15) is 0 Å². The normalized spacial score (nSPS) is 46.3. The van der Waals surface area contributed by atoms with Gasteiger partial charge in [-0.25, -0.2) is 14.7 Å². The maximum Gasteiger partial charge on any atom is 0.130 e. The Morgan fingerprint density at radius 1 is 1.36 bits per heavy atom. The average Bonchev–Trinajstić information content (AvgIpc) is 2.15. The van der Waals surface area contributed by atoms with Crippen LogP contribution in [0.2, 0.25) is 0 Å². The fraction of sp³-hybridized carbons (Fsp3) is 1.00. The molecule has 1 aliphatic carbocycles. The summed E-state index contributed by atoms with van der Waals surface area (Å²) in [6.07, 6.45) is 2.55. The first-order valence-electron chi connectivity index (χ1n) is 5.15. The summed E-state index contributed by atoms with van der Waals surface area (Å²) in [6, 6.07) is 0. The van der Waals surface area contributed by atoms with Gasteiger partial charge in [0.25, 0.3) is 0 Å². The van der Waals surface area contributed by atoms with E-state index in [1.165, 1.54) is 0 Å². The van der Waals surface area contributed by atoms with E-state index in [1.807, 2.05) is 20.8 Å². The monoisotopic (exact) mass is 202 g/mol. The van der Waals surface area contributed by atoms with Crippen molar-refractivity contribution in [3.05, 3.63) is 0 Å². The smallest absolute Gasteiger partial charge is 0.130 e. The maximum absolute atomic E-state index is 8.86. The molecule has 0 aromatic carbocycles. The Bertz CT molecular complexity index is 228. The molecular weight excluding hydrogens is 184 g/mol. The van der Waals surface area contributed by atoms with Crippen LogP contribution in [0.1, 0.15) is 40.0 Å². The maximum atomic E-state index is 8.86. The third-order valence-electron chi connectivity index (χ3n) is 3.74. The van der Waals surface area contributed by atoms with Crippen molar-refractivity contribution in [2.75, 3.05) is 0 Å². The Labute approximate surface area is 84.0 Å². The second-order valence-corrected chi connectivity index (χ2v) is 5.15. The van der Waals surface area contributed by atoms with Gasteiger partial charge in [-0.15, -0.1) is 0 Å². The molecule has 0 spiro atoms. The van der Waals surface area contributed by atoms with Gasteiger partial charge in [-0.3, -0.25) is 5.26 Å². The van der Waals surface area contributed by atoms with Gasteiger partial charge in [-0.05, 0) is 46.0 Å². The average molecular weight is 202 g/mol. The van der Waals surface area contributed by atoms with Gasteiger partial charge < -0.3 is 0 Å². The molecule has 2 aliphatic rings. The largest absolute Gasteiger partial charge is 0.251 e. The van der Waals surface area contributed by atoms with Gasteiger partial charge in [0.1, 0.15) is 17.3 Å². The summed E-state index contributed by atoms with van der Waals surface area (Å²) < 4.78 is 0. The fourth-order valence-corrected chi connectivity index (χ4v) is 2.37. The molecular formula is C10H18O4. The molecule has 0 amide bonds. The Kier molecular flexibility index (Phi) is 2.34. The zero-order chi connectivity index (χ0) is 10.4. The van der Waals surface area contributed by atoms with E-state index in [1.54, 1.807) is 0 Å². The molecule has 2 bridgehead atoms. The number of fused-ring (bicyclic) bond motifs is 2. The van der Waals surface area contributed by atoms with Gasteiger partial charge in [-0.2, -0.15) is 0 Å². The molecule has 4 heteroatoms. The Hall–Kier alpha value is -0.160. The first-order valence-corrected chi connectivity index (χ1v) is 5.15. The van der Waals surface area contributed by atoms with Crippen molar-refractivity contribution < 1.29 is 19.9 Å². The number of hydrogen-bond donors (Lipinski definition) is 1. The molecule has 1 N–H and O–H groups in total. The van der Waals surface area contributed by atoms with Crippen molar-refractivity contribution in [2.45, 2.75) is 57.3 Å². The van der Waals surface area contributed by atoms with Crippen molar-refractivity contribution in [2.24, 2.45) is 5.92 Å². The van der Waals surface area contributed by atoms with E-state index in [4.69, 9.17) is 15.0 Å². The van der Waals surface area contributed by atoms with E-state index in [-0.39, 0.29) is 11.7 Å². The molecule has 0 aromatic heterocycles. The predicted molar refractivity (Wildman–Crippen MR) is 49.5 cm³/mol. The molecule has 0 radical (unpaired) electrons. The van der Waals surface area contributed by atoms with Crippen LogP contribution in [0, 0.1) is 5.92 Å². The van der Waals surface area contributed by atoms with Crippen molar-refractivity contribution in [3.8, 4) is 0 Å². The summed E-state index contributed by atoms with van der Waals surface area (Å²) in [7, 11) is 0. The van der Waals surface area contributed by atoms with Crippen molar-refractivity contribution in [3.63, 3.8) is 0 Å². The first-order chi connectivity index (χ1) is 6.48. The second kappa shape index (κ2) is 3.17. The lowest BCUT2D eigenvalue weighted by atomic mass is 9.71. The van der Waals surface area contributed by atoms with Crippen LogP contribution in [-0.2, 0) is 14.7 Å². The molecule has 82 valence electrons. The van der Waals surface area contributed by atoms with Crippen molar-refractivity contribution in [1.29, 1.82) is 0 Å². The van der Waals surface area contributed by atoms with Gasteiger partial charge in [0.2, 0.25) is 0 Å². The summed E-state index contributed by atoms with van der Waals surface area (Å²) in [5, 5.41) is 8.86. The van der Waals surface area contributed by atoms with Crippen LogP contribution in [0.4, 0.5) is 0 Å². The first kappa shape index (κ1) is 10.4. The van der Waals surface area contributed by atoms with E-state index in [2.05, 4.69) is 4.89 Å². The Morgan fingerprint density at radius 3 is 2.71 bits per heavy atom. The zero-order valence-electron chi connectivity index (χ0n) is 8.95. The third kappa shape index (κ3) is 1.46. The number of rotatable bonds is 1. The fourth-order valence-electron chi connectivity index (χ4n) is 2.37. The van der Waals surface area contributed by atoms with E-state index >= 15 is 0 Å². The summed E-state index contributed by atoms with van der Waals surface area (Å²) in [5.74, 6) is 0.490. The standard InChI is InChI=1S/C10H18O4/c1-9(2)7-4-5-10(3,13-11)8(6-7)12-14-9/h7-8,11H,4-6H2,1-3H3. The van der Waals surface area contributed by atoms with Crippen LogP contribution < -0.4 is 0 Å². The van der Waals surface area contributed by atoms with Crippen LogP contribution >= 0.6 is 0 Å². The second-order valence-electron chi connectivity index (χ2n) is 5.15. The molecule has 1 saturated carbocycles. The van der Waals surface area contributed by atoms with E-state index in [0.717, 1.165) is 19.3 Å². The third-order valence-corrected chi connectivity index (χ3v) is 3.74. The van der Waals surface area contributed by atoms with Crippen LogP contribution in [0.3, 0.4) is 0 Å². The Morgan fingerprint density at radius 2 is 2.07 bits per heavy atom. The van der Waals surface area contributed by atoms with Crippen molar-refractivity contribution >= 4 is 0 Å². The lowest BCUT2D eigenvalue weighted by Gasteiger charge is -2.49. The zero-order valence-corrected chi connectivity index (χ0v) is 8.95. The van der Waals surface area contributed by atoms with Crippen LogP contribution in [0.15, 0.2) is 0 Å². The molecule has 1 aliphatic heterocycles. The van der Waals surface area contributed by atoms with Gasteiger partial charge in [-0.1, -0.05) is 0 Å². The highest BCUT2D eigenvalue weighted by Crippen LogP contribution is 2.45. The van der Waals surface area contributed by atoms with E-state index < -0.39 is 5.60 Å². The molecule has 4 nitrogen and oxygen atoms in total.